The summed E-state index contributed by atoms with van der Waals surface area (Å²) in [5, 5.41) is 11.5. The quantitative estimate of drug-likeness (QED) is 0.704. The van der Waals surface area contributed by atoms with Gasteiger partial charge in [-0.3, -0.25) is 4.79 Å². The van der Waals surface area contributed by atoms with Gasteiger partial charge in [0.1, 0.15) is 12.7 Å². The van der Waals surface area contributed by atoms with Gasteiger partial charge in [0.05, 0.1) is 26.5 Å². The lowest BCUT2D eigenvalue weighted by atomic mass is 10.2. The van der Waals surface area contributed by atoms with Gasteiger partial charge in [-0.1, -0.05) is 0 Å². The van der Waals surface area contributed by atoms with E-state index in [2.05, 4.69) is 15.3 Å². The molecule has 0 bridgehead atoms. The van der Waals surface area contributed by atoms with Crippen molar-refractivity contribution in [1.29, 1.82) is 0 Å². The lowest BCUT2D eigenvalue weighted by Gasteiger charge is -2.26. The van der Waals surface area contributed by atoms with Crippen molar-refractivity contribution in [2.75, 3.05) is 40.0 Å². The van der Waals surface area contributed by atoms with Crippen LogP contribution in [0.5, 0.6) is 11.5 Å². The number of aromatic nitrogens is 3. The first-order valence-corrected chi connectivity index (χ1v) is 7.81. The van der Waals surface area contributed by atoms with E-state index in [9.17, 15) is 4.79 Å². The molecule has 1 amide bonds. The Morgan fingerprint density at radius 1 is 1.28 bits per heavy atom. The van der Waals surface area contributed by atoms with E-state index >= 15 is 0 Å². The van der Waals surface area contributed by atoms with Gasteiger partial charge in [0.2, 0.25) is 0 Å². The third-order valence-electron chi connectivity index (χ3n) is 3.65. The van der Waals surface area contributed by atoms with Crippen LogP contribution in [0.15, 0.2) is 36.0 Å². The average Bonchev–Trinajstić information content (AvgIpc) is 3.19. The zero-order valence-electron chi connectivity index (χ0n) is 13.9. The van der Waals surface area contributed by atoms with Crippen LogP contribution in [0.4, 0.5) is 0 Å². The van der Waals surface area contributed by atoms with Crippen molar-refractivity contribution in [3.8, 4) is 11.5 Å². The van der Waals surface area contributed by atoms with Gasteiger partial charge in [-0.15, -0.1) is 10.2 Å². The van der Waals surface area contributed by atoms with Crippen molar-refractivity contribution in [2.24, 2.45) is 5.10 Å². The molecule has 0 aliphatic carbocycles. The van der Waals surface area contributed by atoms with E-state index in [-0.39, 0.29) is 12.5 Å². The van der Waals surface area contributed by atoms with Crippen LogP contribution in [0, 0.1) is 0 Å². The van der Waals surface area contributed by atoms with E-state index < -0.39 is 0 Å². The lowest BCUT2D eigenvalue weighted by Crippen LogP contribution is -2.43. The summed E-state index contributed by atoms with van der Waals surface area (Å²) in [4.78, 5) is 13.9. The lowest BCUT2D eigenvalue weighted by molar-refractivity contribution is -0.137. The molecule has 0 radical (unpaired) electrons. The second-order valence-corrected chi connectivity index (χ2v) is 5.28. The van der Waals surface area contributed by atoms with Gasteiger partial charge in [-0.05, 0) is 23.8 Å². The summed E-state index contributed by atoms with van der Waals surface area (Å²) in [6, 6.07) is 5.35. The smallest absolute Gasteiger partial charge is 0.260 e. The standard InChI is InChI=1S/C16H19N5O4/c1-23-15-8-13(9-19-21-11-17-18-12-21)2-3-14(15)25-10-16(22)20-4-6-24-7-5-20/h2-3,8-9,11-12H,4-7,10H2,1H3/b19-9+. The van der Waals surface area contributed by atoms with Crippen molar-refractivity contribution in [3.63, 3.8) is 0 Å². The molecule has 25 heavy (non-hydrogen) atoms. The minimum absolute atomic E-state index is 0.0372. The Hall–Kier alpha value is -2.94. The van der Waals surface area contributed by atoms with E-state index in [1.165, 1.54) is 17.3 Å². The van der Waals surface area contributed by atoms with E-state index in [0.717, 1.165) is 5.56 Å². The second kappa shape index (κ2) is 8.25. The number of carbonyl (C=O) groups excluding carboxylic acids is 1. The maximum atomic E-state index is 12.1. The number of carbonyl (C=O) groups is 1. The highest BCUT2D eigenvalue weighted by Crippen LogP contribution is 2.27. The molecule has 0 saturated carbocycles. The summed E-state index contributed by atoms with van der Waals surface area (Å²) in [6.07, 6.45) is 4.62. The molecule has 9 nitrogen and oxygen atoms in total. The monoisotopic (exact) mass is 345 g/mol. The van der Waals surface area contributed by atoms with Crippen LogP contribution >= 0.6 is 0 Å². The Kier molecular flexibility index (Phi) is 5.57. The van der Waals surface area contributed by atoms with E-state index in [1.807, 2.05) is 6.07 Å². The third kappa shape index (κ3) is 4.54. The van der Waals surface area contributed by atoms with Gasteiger partial charge < -0.3 is 19.1 Å². The van der Waals surface area contributed by atoms with Gasteiger partial charge in [0, 0.05) is 13.1 Å². The van der Waals surface area contributed by atoms with Crippen molar-refractivity contribution >= 4 is 12.1 Å². The van der Waals surface area contributed by atoms with Gasteiger partial charge >= 0.3 is 0 Å². The van der Waals surface area contributed by atoms with E-state index in [1.54, 1.807) is 30.4 Å². The summed E-state index contributed by atoms with van der Waals surface area (Å²) in [5.74, 6) is 0.969. The summed E-state index contributed by atoms with van der Waals surface area (Å²) in [6.45, 7) is 2.28. The van der Waals surface area contributed by atoms with Crippen LogP contribution in [0.2, 0.25) is 0 Å². The summed E-state index contributed by atoms with van der Waals surface area (Å²) in [7, 11) is 1.55. The van der Waals surface area contributed by atoms with Crippen molar-refractivity contribution in [2.45, 2.75) is 0 Å². The molecule has 1 fully saturated rings. The molecule has 9 heteroatoms. The molecule has 2 aromatic rings. The number of ether oxygens (including phenoxy) is 3. The molecule has 1 aliphatic heterocycles. The maximum Gasteiger partial charge on any atom is 0.260 e. The molecule has 1 aromatic heterocycles. The highest BCUT2D eigenvalue weighted by atomic mass is 16.5. The molecule has 1 saturated heterocycles. The fraction of sp³-hybridized carbons (Fsp3) is 0.375. The highest BCUT2D eigenvalue weighted by Gasteiger charge is 2.17. The predicted octanol–water partition coefficient (Wildman–Crippen LogP) is 0.406. The molecule has 1 aliphatic rings. The molecule has 0 atom stereocenters. The molecule has 3 rings (SSSR count). The minimum atomic E-state index is -0.0661. The first kappa shape index (κ1) is 16.9. The van der Waals surface area contributed by atoms with E-state index in [0.29, 0.717) is 37.8 Å². The van der Waals surface area contributed by atoms with Crippen molar-refractivity contribution in [3.05, 3.63) is 36.4 Å². The van der Waals surface area contributed by atoms with E-state index in [4.69, 9.17) is 14.2 Å². The Morgan fingerprint density at radius 3 is 2.76 bits per heavy atom. The Balaban J connectivity index is 1.62. The van der Waals surface area contributed by atoms with Gasteiger partial charge in [-0.25, -0.2) is 4.68 Å². The van der Waals surface area contributed by atoms with Crippen LogP contribution in [-0.2, 0) is 9.53 Å². The molecule has 1 aromatic carbocycles. The maximum absolute atomic E-state index is 12.1. The highest BCUT2D eigenvalue weighted by molar-refractivity contribution is 5.81. The van der Waals surface area contributed by atoms with Gasteiger partial charge in [0.25, 0.3) is 5.91 Å². The summed E-state index contributed by atoms with van der Waals surface area (Å²) < 4.78 is 17.7. The molecule has 0 spiro atoms. The largest absolute Gasteiger partial charge is 0.493 e. The number of morpholine rings is 1. The average molecular weight is 345 g/mol. The number of hydrogen-bond donors (Lipinski definition) is 0. The predicted molar refractivity (Wildman–Crippen MR) is 88.9 cm³/mol. The van der Waals surface area contributed by atoms with Crippen LogP contribution in [0.3, 0.4) is 0 Å². The summed E-state index contributed by atoms with van der Waals surface area (Å²) in [5.41, 5.74) is 0.817. The van der Waals surface area contributed by atoms with Crippen molar-refractivity contribution in [1.82, 2.24) is 19.8 Å². The first-order chi connectivity index (χ1) is 12.3. The zero-order chi connectivity index (χ0) is 17.5. The minimum Gasteiger partial charge on any atom is -0.493 e. The topological polar surface area (TPSA) is 91.1 Å². The zero-order valence-corrected chi connectivity index (χ0v) is 13.9. The fourth-order valence-corrected chi connectivity index (χ4v) is 2.32. The second-order valence-electron chi connectivity index (χ2n) is 5.28. The molecular formula is C16H19N5O4. The third-order valence-corrected chi connectivity index (χ3v) is 3.65. The number of hydrogen-bond acceptors (Lipinski definition) is 7. The molecular weight excluding hydrogens is 326 g/mol. The summed E-state index contributed by atoms with van der Waals surface area (Å²) >= 11 is 0. The molecule has 0 N–H and O–H groups in total. The van der Waals surface area contributed by atoms with Gasteiger partial charge in [0.15, 0.2) is 18.1 Å². The normalized spacial score (nSPS) is 14.7. The van der Waals surface area contributed by atoms with Gasteiger partial charge in [-0.2, -0.15) is 5.10 Å². The van der Waals surface area contributed by atoms with Crippen molar-refractivity contribution < 1.29 is 19.0 Å². The van der Waals surface area contributed by atoms with Crippen LogP contribution in [-0.4, -0.2) is 71.9 Å². The molecule has 132 valence electrons. The fourth-order valence-electron chi connectivity index (χ4n) is 2.32. The Morgan fingerprint density at radius 2 is 2.04 bits per heavy atom. The number of methoxy groups -OCH3 is 1. The van der Waals surface area contributed by atoms with Crippen LogP contribution in [0.25, 0.3) is 0 Å². The van der Waals surface area contributed by atoms with Crippen LogP contribution in [0.1, 0.15) is 5.56 Å². The Labute approximate surface area is 144 Å². The Bertz CT molecular complexity index is 726. The number of rotatable bonds is 6. The SMILES string of the molecule is COc1cc(/C=N/n2cnnc2)ccc1OCC(=O)N1CCOCC1. The molecule has 0 unspecified atom stereocenters. The first-order valence-electron chi connectivity index (χ1n) is 7.81. The van der Waals surface area contributed by atoms with Crippen LogP contribution < -0.4 is 9.47 Å². The number of amides is 1. The molecule has 2 heterocycles. The number of nitrogens with zero attached hydrogens (tertiary/aromatic N) is 5. The number of benzene rings is 1.